The summed E-state index contributed by atoms with van der Waals surface area (Å²) in [7, 11) is -2.13. The van der Waals surface area contributed by atoms with Crippen molar-refractivity contribution in [1.82, 2.24) is 14.5 Å². The van der Waals surface area contributed by atoms with E-state index in [4.69, 9.17) is 4.74 Å². The molecule has 0 radical (unpaired) electrons. The van der Waals surface area contributed by atoms with Crippen LogP contribution in [0.15, 0.2) is 71.6 Å². The standard InChI is InChI=1S/C24H25N3O3S/c1-17-13-18(2)27(26-17)16-20-8-6-7-19(14-20)15-25-31(28,29)24-12-11-23(30-3)21-9-4-5-10-22(21)24/h4-14,25H,15-16H2,1-3H3. The average molecular weight is 436 g/mol. The van der Waals surface area contributed by atoms with Gasteiger partial charge in [-0.05, 0) is 43.2 Å². The van der Waals surface area contributed by atoms with Gasteiger partial charge in [-0.1, -0.05) is 48.5 Å². The molecule has 0 amide bonds. The third-order valence-electron chi connectivity index (χ3n) is 5.25. The third kappa shape index (κ3) is 4.47. The van der Waals surface area contributed by atoms with Crippen molar-refractivity contribution < 1.29 is 13.2 Å². The second-order valence-electron chi connectivity index (χ2n) is 7.54. The number of ether oxygens (including phenoxy) is 1. The van der Waals surface area contributed by atoms with Crippen LogP contribution < -0.4 is 9.46 Å². The van der Waals surface area contributed by atoms with Crippen molar-refractivity contribution in [3.05, 3.63) is 89.2 Å². The summed E-state index contributed by atoms with van der Waals surface area (Å²) in [6, 6.07) is 20.5. The van der Waals surface area contributed by atoms with Gasteiger partial charge in [-0.3, -0.25) is 4.68 Å². The topological polar surface area (TPSA) is 73.2 Å². The summed E-state index contributed by atoms with van der Waals surface area (Å²) in [5, 5.41) is 5.89. The molecule has 0 saturated heterocycles. The molecular formula is C24H25N3O3S. The Morgan fingerprint density at radius 2 is 1.68 bits per heavy atom. The number of aromatic nitrogens is 2. The van der Waals surface area contributed by atoms with Crippen LogP contribution >= 0.6 is 0 Å². The lowest BCUT2D eigenvalue weighted by atomic mass is 10.1. The van der Waals surface area contributed by atoms with E-state index in [9.17, 15) is 8.42 Å². The van der Waals surface area contributed by atoms with Crippen LogP contribution in [0, 0.1) is 13.8 Å². The largest absolute Gasteiger partial charge is 0.496 e. The molecule has 6 nitrogen and oxygen atoms in total. The Bertz CT molecular complexity index is 1340. The van der Waals surface area contributed by atoms with E-state index in [1.165, 1.54) is 0 Å². The summed E-state index contributed by atoms with van der Waals surface area (Å²) < 4.78 is 36.2. The molecule has 7 heteroatoms. The van der Waals surface area contributed by atoms with Gasteiger partial charge in [0.05, 0.1) is 24.2 Å². The zero-order chi connectivity index (χ0) is 22.0. The first kappa shape index (κ1) is 21.1. The van der Waals surface area contributed by atoms with Gasteiger partial charge in [-0.15, -0.1) is 0 Å². The van der Waals surface area contributed by atoms with Crippen molar-refractivity contribution in [1.29, 1.82) is 0 Å². The molecule has 1 aromatic heterocycles. The molecule has 0 fully saturated rings. The molecule has 0 saturated carbocycles. The first-order chi connectivity index (χ1) is 14.9. The molecule has 0 bridgehead atoms. The molecule has 0 spiro atoms. The molecule has 0 aliphatic rings. The van der Waals surface area contributed by atoms with E-state index < -0.39 is 10.0 Å². The predicted molar refractivity (Wildman–Crippen MR) is 122 cm³/mol. The highest BCUT2D eigenvalue weighted by atomic mass is 32.2. The summed E-state index contributed by atoms with van der Waals surface area (Å²) in [5.74, 6) is 0.645. The minimum atomic E-state index is -3.71. The number of nitrogens with one attached hydrogen (secondary N) is 1. The number of sulfonamides is 1. The summed E-state index contributed by atoms with van der Waals surface area (Å²) in [4.78, 5) is 0.239. The van der Waals surface area contributed by atoms with Crippen LogP contribution in [0.3, 0.4) is 0 Å². The van der Waals surface area contributed by atoms with Gasteiger partial charge in [-0.25, -0.2) is 13.1 Å². The number of nitrogens with zero attached hydrogens (tertiary/aromatic N) is 2. The fraction of sp³-hybridized carbons (Fsp3) is 0.208. The van der Waals surface area contributed by atoms with Gasteiger partial charge < -0.3 is 4.74 Å². The maximum absolute atomic E-state index is 13.1. The zero-order valence-corrected chi connectivity index (χ0v) is 18.6. The van der Waals surface area contributed by atoms with Crippen LogP contribution in [0.1, 0.15) is 22.5 Å². The highest BCUT2D eigenvalue weighted by molar-refractivity contribution is 7.89. The summed E-state index contributed by atoms with van der Waals surface area (Å²) in [5.41, 5.74) is 4.03. The predicted octanol–water partition coefficient (Wildman–Crippen LogP) is 4.19. The molecule has 3 aromatic carbocycles. The number of hydrogen-bond acceptors (Lipinski definition) is 4. The van der Waals surface area contributed by atoms with Crippen LogP contribution in [0.25, 0.3) is 10.8 Å². The molecule has 31 heavy (non-hydrogen) atoms. The molecule has 0 aliphatic heterocycles. The molecule has 0 aliphatic carbocycles. The van der Waals surface area contributed by atoms with Gasteiger partial charge >= 0.3 is 0 Å². The third-order valence-corrected chi connectivity index (χ3v) is 6.71. The number of aryl methyl sites for hydroxylation is 2. The van der Waals surface area contributed by atoms with Crippen molar-refractivity contribution in [3.63, 3.8) is 0 Å². The number of methoxy groups -OCH3 is 1. The Kier molecular flexibility index (Phi) is 5.80. The van der Waals surface area contributed by atoms with Crippen molar-refractivity contribution >= 4 is 20.8 Å². The van der Waals surface area contributed by atoms with Crippen molar-refractivity contribution in [2.24, 2.45) is 0 Å². The number of benzene rings is 3. The first-order valence-electron chi connectivity index (χ1n) is 10.0. The molecule has 1 N–H and O–H groups in total. The van der Waals surface area contributed by atoms with Crippen molar-refractivity contribution in [2.75, 3.05) is 7.11 Å². The fourth-order valence-corrected chi connectivity index (χ4v) is 4.99. The average Bonchev–Trinajstić information content (AvgIpc) is 3.08. The summed E-state index contributed by atoms with van der Waals surface area (Å²) in [6.45, 7) is 4.84. The van der Waals surface area contributed by atoms with Crippen LogP contribution in [0.5, 0.6) is 5.75 Å². The molecule has 4 rings (SSSR count). The molecular weight excluding hydrogens is 410 g/mol. The van der Waals surface area contributed by atoms with Crippen molar-refractivity contribution in [3.8, 4) is 5.75 Å². The lowest BCUT2D eigenvalue weighted by molar-refractivity contribution is 0.419. The first-order valence-corrected chi connectivity index (χ1v) is 11.5. The minimum Gasteiger partial charge on any atom is -0.496 e. The highest BCUT2D eigenvalue weighted by Gasteiger charge is 2.18. The van der Waals surface area contributed by atoms with Crippen molar-refractivity contribution in [2.45, 2.75) is 31.8 Å². The summed E-state index contributed by atoms with van der Waals surface area (Å²) in [6.07, 6.45) is 0. The number of rotatable bonds is 7. The highest BCUT2D eigenvalue weighted by Crippen LogP contribution is 2.30. The zero-order valence-electron chi connectivity index (χ0n) is 17.8. The van der Waals surface area contributed by atoms with Gasteiger partial charge in [0.1, 0.15) is 5.75 Å². The molecule has 160 valence electrons. The van der Waals surface area contributed by atoms with Crippen LogP contribution in [-0.2, 0) is 23.1 Å². The minimum absolute atomic E-state index is 0.202. The second-order valence-corrected chi connectivity index (χ2v) is 9.28. The number of fused-ring (bicyclic) bond motifs is 1. The van der Waals surface area contributed by atoms with Gasteiger partial charge in [0.2, 0.25) is 10.0 Å². The Morgan fingerprint density at radius 1 is 0.935 bits per heavy atom. The van der Waals surface area contributed by atoms with Gasteiger partial charge in [0.15, 0.2) is 0 Å². The molecule has 0 unspecified atom stereocenters. The Balaban J connectivity index is 1.56. The van der Waals surface area contributed by atoms with Gasteiger partial charge in [0, 0.05) is 23.0 Å². The van der Waals surface area contributed by atoms with E-state index in [0.717, 1.165) is 27.9 Å². The van der Waals surface area contributed by atoms with E-state index in [1.807, 2.05) is 67.1 Å². The number of hydrogen-bond donors (Lipinski definition) is 1. The smallest absolute Gasteiger partial charge is 0.241 e. The monoisotopic (exact) mass is 435 g/mol. The Hall–Kier alpha value is -3.16. The van der Waals surface area contributed by atoms with Gasteiger partial charge in [0.25, 0.3) is 0 Å². The van der Waals surface area contributed by atoms with E-state index in [-0.39, 0.29) is 11.4 Å². The SMILES string of the molecule is COc1ccc(S(=O)(=O)NCc2cccc(Cn3nc(C)cc3C)c2)c2ccccc12. The van der Waals surface area contributed by atoms with E-state index in [0.29, 0.717) is 17.7 Å². The quantitative estimate of drug-likeness (QED) is 0.472. The summed E-state index contributed by atoms with van der Waals surface area (Å²) >= 11 is 0. The lowest BCUT2D eigenvalue weighted by Gasteiger charge is -2.13. The van der Waals surface area contributed by atoms with Crippen LogP contribution in [0.4, 0.5) is 0 Å². The Labute approximate surface area is 182 Å². The second kappa shape index (κ2) is 8.53. The van der Waals surface area contributed by atoms with Gasteiger partial charge in [-0.2, -0.15) is 5.10 Å². The fourth-order valence-electron chi connectivity index (χ4n) is 3.76. The van der Waals surface area contributed by atoms with E-state index >= 15 is 0 Å². The Morgan fingerprint density at radius 3 is 2.39 bits per heavy atom. The van der Waals surface area contributed by atoms with Crippen LogP contribution in [-0.4, -0.2) is 25.3 Å². The maximum atomic E-state index is 13.1. The normalized spacial score (nSPS) is 11.7. The van der Waals surface area contributed by atoms with E-state index in [1.54, 1.807) is 25.3 Å². The molecule has 4 aromatic rings. The molecule has 1 heterocycles. The van der Waals surface area contributed by atoms with Crippen LogP contribution in [0.2, 0.25) is 0 Å². The lowest BCUT2D eigenvalue weighted by Crippen LogP contribution is -2.23. The molecule has 0 atom stereocenters. The maximum Gasteiger partial charge on any atom is 0.241 e. The van der Waals surface area contributed by atoms with E-state index in [2.05, 4.69) is 9.82 Å².